The molecule has 5 heteroatoms. The Bertz CT molecular complexity index is 769. The molecule has 1 aliphatic carbocycles. The van der Waals surface area contributed by atoms with E-state index in [1.54, 1.807) is 6.92 Å². The van der Waals surface area contributed by atoms with Gasteiger partial charge in [-0.25, -0.2) is 4.98 Å². The molecule has 3 heterocycles. The molecule has 1 saturated heterocycles. The van der Waals surface area contributed by atoms with E-state index in [1.165, 1.54) is 5.56 Å². The number of rotatable bonds is 3. The van der Waals surface area contributed by atoms with Gasteiger partial charge >= 0.3 is 0 Å². The Labute approximate surface area is 154 Å². The summed E-state index contributed by atoms with van der Waals surface area (Å²) in [6.07, 6.45) is 5.68. The summed E-state index contributed by atoms with van der Waals surface area (Å²) in [5.41, 5.74) is 3.29. The first kappa shape index (κ1) is 17.4. The van der Waals surface area contributed by atoms with Crippen LogP contribution in [0.25, 0.3) is 0 Å². The molecule has 4 rings (SSSR count). The molecule has 138 valence electrons. The first-order valence-corrected chi connectivity index (χ1v) is 9.69. The number of anilines is 1. The van der Waals surface area contributed by atoms with E-state index in [1.807, 2.05) is 6.20 Å². The van der Waals surface area contributed by atoms with Gasteiger partial charge in [-0.15, -0.1) is 0 Å². The molecule has 1 N–H and O–H groups in total. The third kappa shape index (κ3) is 3.09. The zero-order valence-corrected chi connectivity index (χ0v) is 15.7. The van der Waals surface area contributed by atoms with E-state index in [0.29, 0.717) is 18.9 Å². The molecule has 1 unspecified atom stereocenters. The van der Waals surface area contributed by atoms with Crippen molar-refractivity contribution in [3.05, 3.63) is 35.0 Å². The Morgan fingerprint density at radius 3 is 2.73 bits per heavy atom. The third-order valence-electron chi connectivity index (χ3n) is 5.96. The van der Waals surface area contributed by atoms with Crippen molar-refractivity contribution in [1.29, 1.82) is 0 Å². The maximum Gasteiger partial charge on any atom is 0.140 e. The van der Waals surface area contributed by atoms with E-state index >= 15 is 0 Å². The lowest BCUT2D eigenvalue weighted by molar-refractivity contribution is -0.122. The van der Waals surface area contributed by atoms with E-state index < -0.39 is 5.60 Å². The summed E-state index contributed by atoms with van der Waals surface area (Å²) in [5, 5.41) is 10.8. The number of carbonyl (C=O) groups is 1. The van der Waals surface area contributed by atoms with Gasteiger partial charge in [0.2, 0.25) is 0 Å². The van der Waals surface area contributed by atoms with Crippen LogP contribution >= 0.6 is 0 Å². The molecule has 0 saturated carbocycles. The molecular formula is C21H27N3O2. The standard InChI is InChI=1S/C21H27N3O2/c1-3-14-4-5-18(22-12-14)24-8-6-15(7-9-24)20-19-16(13-23-20)10-17(25)11-21(19,2)26/h4-5,12,15,26H,3,6-11,13H2,1-2H3. The van der Waals surface area contributed by atoms with Crippen molar-refractivity contribution >= 4 is 17.3 Å². The second-order valence-electron chi connectivity index (χ2n) is 7.99. The van der Waals surface area contributed by atoms with Crippen molar-refractivity contribution in [2.45, 2.75) is 51.6 Å². The first-order chi connectivity index (χ1) is 12.5. The van der Waals surface area contributed by atoms with Crippen LogP contribution in [-0.4, -0.2) is 46.8 Å². The van der Waals surface area contributed by atoms with E-state index in [-0.39, 0.29) is 12.2 Å². The minimum atomic E-state index is -1.05. The van der Waals surface area contributed by atoms with Gasteiger partial charge in [-0.3, -0.25) is 9.79 Å². The van der Waals surface area contributed by atoms with Crippen LogP contribution in [0.1, 0.15) is 45.1 Å². The fourth-order valence-corrected chi connectivity index (χ4v) is 4.62. The number of aryl methyl sites for hydroxylation is 1. The Hall–Kier alpha value is -2.01. The molecule has 2 aliphatic heterocycles. The summed E-state index contributed by atoms with van der Waals surface area (Å²) in [6, 6.07) is 4.27. The van der Waals surface area contributed by atoms with Crippen molar-refractivity contribution in [3.63, 3.8) is 0 Å². The van der Waals surface area contributed by atoms with Crippen molar-refractivity contribution in [3.8, 4) is 0 Å². The summed E-state index contributed by atoms with van der Waals surface area (Å²) in [4.78, 5) is 23.6. The SMILES string of the molecule is CCc1ccc(N2CCC(C3=NCC4=C3C(C)(O)CC(=O)C4)CC2)nc1. The molecule has 0 radical (unpaired) electrons. The van der Waals surface area contributed by atoms with Gasteiger partial charge in [0.15, 0.2) is 0 Å². The lowest BCUT2D eigenvalue weighted by atomic mass is 9.74. The zero-order chi connectivity index (χ0) is 18.3. The minimum Gasteiger partial charge on any atom is -0.385 e. The zero-order valence-electron chi connectivity index (χ0n) is 15.7. The summed E-state index contributed by atoms with van der Waals surface area (Å²) >= 11 is 0. The van der Waals surface area contributed by atoms with Gasteiger partial charge in [0.05, 0.1) is 12.1 Å². The molecule has 1 atom stereocenters. The maximum absolute atomic E-state index is 11.9. The van der Waals surface area contributed by atoms with Gasteiger partial charge in [0, 0.05) is 49.3 Å². The number of piperidine rings is 1. The highest BCUT2D eigenvalue weighted by Crippen LogP contribution is 2.40. The second-order valence-corrected chi connectivity index (χ2v) is 7.99. The molecule has 0 bridgehead atoms. The van der Waals surface area contributed by atoms with Gasteiger partial charge in [-0.2, -0.15) is 0 Å². The van der Waals surface area contributed by atoms with E-state index in [0.717, 1.165) is 55.0 Å². The van der Waals surface area contributed by atoms with Crippen molar-refractivity contribution < 1.29 is 9.90 Å². The van der Waals surface area contributed by atoms with Gasteiger partial charge in [-0.05, 0) is 43.4 Å². The van der Waals surface area contributed by atoms with E-state index in [2.05, 4.69) is 28.9 Å². The lowest BCUT2D eigenvalue weighted by Gasteiger charge is -2.37. The Kier molecular flexibility index (Phi) is 4.43. The molecule has 0 amide bonds. The number of pyridine rings is 1. The molecule has 0 spiro atoms. The van der Waals surface area contributed by atoms with E-state index in [9.17, 15) is 9.90 Å². The van der Waals surface area contributed by atoms with Crippen LogP contribution in [0, 0.1) is 5.92 Å². The fourth-order valence-electron chi connectivity index (χ4n) is 4.62. The summed E-state index contributed by atoms with van der Waals surface area (Å²) in [5.74, 6) is 1.54. The number of carbonyl (C=O) groups excluding carboxylic acids is 1. The number of hydrogen-bond donors (Lipinski definition) is 1. The van der Waals surface area contributed by atoms with Gasteiger partial charge in [-0.1, -0.05) is 13.0 Å². The highest BCUT2D eigenvalue weighted by molar-refractivity contribution is 6.08. The summed E-state index contributed by atoms with van der Waals surface area (Å²) in [7, 11) is 0. The number of nitrogens with zero attached hydrogens (tertiary/aromatic N) is 3. The molecule has 1 fully saturated rings. The number of Topliss-reactive ketones (excluding diaryl/α,β-unsaturated/α-hetero) is 1. The van der Waals surface area contributed by atoms with Crippen LogP contribution in [0.2, 0.25) is 0 Å². The summed E-state index contributed by atoms with van der Waals surface area (Å²) < 4.78 is 0. The third-order valence-corrected chi connectivity index (χ3v) is 5.96. The average Bonchev–Trinajstić information content (AvgIpc) is 3.06. The minimum absolute atomic E-state index is 0.126. The lowest BCUT2D eigenvalue weighted by Crippen LogP contribution is -2.42. The summed E-state index contributed by atoms with van der Waals surface area (Å²) in [6.45, 7) is 6.40. The Morgan fingerprint density at radius 1 is 1.31 bits per heavy atom. The number of aliphatic hydroxyl groups is 1. The van der Waals surface area contributed by atoms with Crippen LogP contribution < -0.4 is 4.90 Å². The monoisotopic (exact) mass is 353 g/mol. The fraction of sp³-hybridized carbons (Fsp3) is 0.571. The quantitative estimate of drug-likeness (QED) is 0.907. The normalized spacial score (nSPS) is 27.0. The largest absolute Gasteiger partial charge is 0.385 e. The molecule has 3 aliphatic rings. The molecule has 1 aromatic rings. The molecular weight excluding hydrogens is 326 g/mol. The number of ketones is 1. The first-order valence-electron chi connectivity index (χ1n) is 9.69. The smallest absolute Gasteiger partial charge is 0.140 e. The van der Waals surface area contributed by atoms with Gasteiger partial charge < -0.3 is 10.0 Å². The van der Waals surface area contributed by atoms with Crippen LogP contribution in [0.5, 0.6) is 0 Å². The van der Waals surface area contributed by atoms with Crippen LogP contribution in [-0.2, 0) is 11.2 Å². The van der Waals surface area contributed by atoms with E-state index in [4.69, 9.17) is 4.99 Å². The number of hydrogen-bond acceptors (Lipinski definition) is 5. The maximum atomic E-state index is 11.9. The predicted molar refractivity (Wildman–Crippen MR) is 103 cm³/mol. The second kappa shape index (κ2) is 6.62. The number of aromatic nitrogens is 1. The van der Waals surface area contributed by atoms with Crippen LogP contribution in [0.15, 0.2) is 34.5 Å². The van der Waals surface area contributed by atoms with Gasteiger partial charge in [0.1, 0.15) is 11.6 Å². The molecule has 0 aromatic carbocycles. The highest BCUT2D eigenvalue weighted by Gasteiger charge is 2.43. The Balaban J connectivity index is 1.46. The molecule has 26 heavy (non-hydrogen) atoms. The molecule has 1 aromatic heterocycles. The van der Waals surface area contributed by atoms with Gasteiger partial charge in [0.25, 0.3) is 0 Å². The topological polar surface area (TPSA) is 65.8 Å². The highest BCUT2D eigenvalue weighted by atomic mass is 16.3. The van der Waals surface area contributed by atoms with Crippen molar-refractivity contribution in [1.82, 2.24) is 4.98 Å². The Morgan fingerprint density at radius 2 is 2.08 bits per heavy atom. The van der Waals surface area contributed by atoms with Crippen LogP contribution in [0.4, 0.5) is 5.82 Å². The predicted octanol–water partition coefficient (Wildman–Crippen LogP) is 2.73. The van der Waals surface area contributed by atoms with Crippen molar-refractivity contribution in [2.24, 2.45) is 10.9 Å². The van der Waals surface area contributed by atoms with Crippen molar-refractivity contribution in [2.75, 3.05) is 24.5 Å². The molecule has 5 nitrogen and oxygen atoms in total. The van der Waals surface area contributed by atoms with Crippen LogP contribution in [0.3, 0.4) is 0 Å². The average molecular weight is 353 g/mol. The number of aliphatic imine (C=N–C) groups is 1.